The smallest absolute Gasteiger partial charge is 0.335 e. The second-order valence-corrected chi connectivity index (χ2v) is 4.82. The summed E-state index contributed by atoms with van der Waals surface area (Å²) in [7, 11) is 1.64. The van der Waals surface area contributed by atoms with Crippen LogP contribution in [0.25, 0.3) is 0 Å². The number of aromatic carboxylic acids is 1. The molecule has 0 aliphatic carbocycles. The Balaban J connectivity index is 2.17. The van der Waals surface area contributed by atoms with Gasteiger partial charge < -0.3 is 9.84 Å². The van der Waals surface area contributed by atoms with Crippen molar-refractivity contribution in [2.24, 2.45) is 0 Å². The number of rotatable bonds is 5. The summed E-state index contributed by atoms with van der Waals surface area (Å²) in [6, 6.07) is 13.3. The summed E-state index contributed by atoms with van der Waals surface area (Å²) in [4.78, 5) is 11.2. The summed E-state index contributed by atoms with van der Waals surface area (Å²) in [5.41, 5.74) is 3.48. The Kier molecular flexibility index (Phi) is 4.41. The van der Waals surface area contributed by atoms with Crippen LogP contribution in [0.3, 0.4) is 0 Å². The zero-order valence-electron chi connectivity index (χ0n) is 11.7. The average Bonchev–Trinajstić information content (AvgIpc) is 2.45. The molecule has 0 bridgehead atoms. The Labute approximate surface area is 118 Å². The van der Waals surface area contributed by atoms with Crippen molar-refractivity contribution in [2.45, 2.75) is 19.8 Å². The maximum Gasteiger partial charge on any atom is 0.335 e. The first-order valence-corrected chi connectivity index (χ1v) is 6.56. The lowest BCUT2D eigenvalue weighted by molar-refractivity contribution is 0.0695. The van der Waals surface area contributed by atoms with Crippen LogP contribution in [-0.2, 0) is 12.8 Å². The molecule has 0 amide bonds. The zero-order chi connectivity index (χ0) is 14.5. The third-order valence-corrected chi connectivity index (χ3v) is 3.31. The second kappa shape index (κ2) is 6.24. The molecule has 20 heavy (non-hydrogen) atoms. The molecule has 2 rings (SSSR count). The van der Waals surface area contributed by atoms with Crippen LogP contribution in [0.5, 0.6) is 5.75 Å². The predicted molar refractivity (Wildman–Crippen MR) is 78.5 cm³/mol. The van der Waals surface area contributed by atoms with Crippen LogP contribution in [0.1, 0.15) is 27.0 Å². The van der Waals surface area contributed by atoms with Gasteiger partial charge in [-0.05, 0) is 49.1 Å². The summed E-state index contributed by atoms with van der Waals surface area (Å²) >= 11 is 0. The summed E-state index contributed by atoms with van der Waals surface area (Å²) in [5.74, 6) is -0.0455. The van der Waals surface area contributed by atoms with Gasteiger partial charge in [0.05, 0.1) is 12.7 Å². The van der Waals surface area contributed by atoms with E-state index in [-0.39, 0.29) is 0 Å². The Morgan fingerprint density at radius 3 is 2.65 bits per heavy atom. The van der Waals surface area contributed by atoms with Crippen LogP contribution < -0.4 is 4.74 Å². The molecule has 0 saturated heterocycles. The van der Waals surface area contributed by atoms with Crippen LogP contribution in [0, 0.1) is 6.92 Å². The number of carboxylic acids is 1. The summed E-state index contributed by atoms with van der Waals surface area (Å²) in [6.07, 6.45) is 1.50. The van der Waals surface area contributed by atoms with Gasteiger partial charge in [0, 0.05) is 0 Å². The molecule has 0 radical (unpaired) electrons. The molecule has 0 aliphatic heterocycles. The normalized spacial score (nSPS) is 10.3. The Bertz CT molecular complexity index is 617. The van der Waals surface area contributed by atoms with Gasteiger partial charge in [0.25, 0.3) is 0 Å². The second-order valence-electron chi connectivity index (χ2n) is 4.82. The molecule has 1 N–H and O–H groups in total. The van der Waals surface area contributed by atoms with Gasteiger partial charge in [-0.25, -0.2) is 4.79 Å². The van der Waals surface area contributed by atoms with Crippen LogP contribution in [0.15, 0.2) is 42.5 Å². The van der Waals surface area contributed by atoms with Gasteiger partial charge in [0.1, 0.15) is 5.75 Å². The van der Waals surface area contributed by atoms with Gasteiger partial charge in [-0.15, -0.1) is 0 Å². The van der Waals surface area contributed by atoms with Crippen molar-refractivity contribution >= 4 is 5.97 Å². The van der Waals surface area contributed by atoms with E-state index in [4.69, 9.17) is 4.74 Å². The molecule has 0 aromatic heterocycles. The van der Waals surface area contributed by atoms with Crippen molar-refractivity contribution in [3.8, 4) is 5.75 Å². The molecule has 2 aromatic rings. The lowest BCUT2D eigenvalue weighted by atomic mass is 9.98. The highest BCUT2D eigenvalue weighted by molar-refractivity contribution is 5.89. The van der Waals surface area contributed by atoms with E-state index in [0.717, 1.165) is 28.9 Å². The number of benzene rings is 2. The van der Waals surface area contributed by atoms with Gasteiger partial charge in [0.2, 0.25) is 0 Å². The van der Waals surface area contributed by atoms with Gasteiger partial charge >= 0.3 is 5.97 Å². The molecular weight excluding hydrogens is 252 g/mol. The molecule has 0 heterocycles. The van der Waals surface area contributed by atoms with Crippen LogP contribution >= 0.6 is 0 Å². The first-order valence-electron chi connectivity index (χ1n) is 6.56. The van der Waals surface area contributed by atoms with Crippen molar-refractivity contribution in [3.05, 3.63) is 64.7 Å². The van der Waals surface area contributed by atoms with Crippen molar-refractivity contribution in [1.29, 1.82) is 0 Å². The predicted octanol–water partition coefficient (Wildman–Crippen LogP) is 3.49. The Morgan fingerprint density at radius 1 is 1.15 bits per heavy atom. The molecule has 3 nitrogen and oxygen atoms in total. The third kappa shape index (κ3) is 3.38. The fourth-order valence-electron chi connectivity index (χ4n) is 2.24. The standard InChI is InChI=1S/C17H18O3/c1-12-6-9-16(17(18)19)14(10-12)8-7-13-4-3-5-15(11-13)20-2/h3-6,9-11H,7-8H2,1-2H3,(H,18,19). The minimum Gasteiger partial charge on any atom is -0.497 e. The fourth-order valence-corrected chi connectivity index (χ4v) is 2.24. The lowest BCUT2D eigenvalue weighted by Gasteiger charge is -2.08. The van der Waals surface area contributed by atoms with Crippen molar-refractivity contribution in [1.82, 2.24) is 0 Å². The number of carboxylic acid groups (broad SMARTS) is 1. The summed E-state index contributed by atoms with van der Waals surface area (Å²) in [6.45, 7) is 1.97. The van der Waals surface area contributed by atoms with Crippen LogP contribution in [-0.4, -0.2) is 18.2 Å². The van der Waals surface area contributed by atoms with Crippen LogP contribution in [0.4, 0.5) is 0 Å². The first kappa shape index (κ1) is 14.1. The highest BCUT2D eigenvalue weighted by Crippen LogP contribution is 2.17. The van der Waals surface area contributed by atoms with Gasteiger partial charge in [-0.2, -0.15) is 0 Å². The number of ether oxygens (including phenoxy) is 1. The zero-order valence-corrected chi connectivity index (χ0v) is 11.7. The summed E-state index contributed by atoms with van der Waals surface area (Å²) < 4.78 is 5.19. The number of hydrogen-bond acceptors (Lipinski definition) is 2. The average molecular weight is 270 g/mol. The highest BCUT2D eigenvalue weighted by atomic mass is 16.5. The quantitative estimate of drug-likeness (QED) is 0.904. The minimum atomic E-state index is -0.870. The molecule has 0 saturated carbocycles. The fraction of sp³-hybridized carbons (Fsp3) is 0.235. The van der Waals surface area contributed by atoms with Crippen LogP contribution in [0.2, 0.25) is 0 Å². The van der Waals surface area contributed by atoms with Gasteiger partial charge in [-0.1, -0.05) is 29.8 Å². The molecule has 0 fully saturated rings. The van der Waals surface area contributed by atoms with E-state index < -0.39 is 5.97 Å². The molecule has 0 atom stereocenters. The lowest BCUT2D eigenvalue weighted by Crippen LogP contribution is -2.04. The topological polar surface area (TPSA) is 46.5 Å². The first-order chi connectivity index (χ1) is 9.60. The van der Waals surface area contributed by atoms with Gasteiger partial charge in [-0.3, -0.25) is 0 Å². The molecule has 0 aliphatic rings. The van der Waals surface area contributed by atoms with E-state index >= 15 is 0 Å². The van der Waals surface area contributed by atoms with Gasteiger partial charge in [0.15, 0.2) is 0 Å². The van der Waals surface area contributed by atoms with Crippen molar-refractivity contribution < 1.29 is 14.6 Å². The Hall–Kier alpha value is -2.29. The van der Waals surface area contributed by atoms with E-state index in [1.807, 2.05) is 43.3 Å². The maximum atomic E-state index is 11.2. The number of carbonyl (C=O) groups is 1. The molecule has 0 unspecified atom stereocenters. The van der Waals surface area contributed by atoms with E-state index in [2.05, 4.69) is 0 Å². The third-order valence-electron chi connectivity index (χ3n) is 3.31. The molecule has 2 aromatic carbocycles. The number of methoxy groups -OCH3 is 1. The molecular formula is C17H18O3. The highest BCUT2D eigenvalue weighted by Gasteiger charge is 2.10. The Morgan fingerprint density at radius 2 is 1.95 bits per heavy atom. The van der Waals surface area contributed by atoms with Crippen molar-refractivity contribution in [2.75, 3.05) is 7.11 Å². The molecule has 104 valence electrons. The van der Waals surface area contributed by atoms with Crippen molar-refractivity contribution in [3.63, 3.8) is 0 Å². The van der Waals surface area contributed by atoms with E-state index in [0.29, 0.717) is 12.0 Å². The minimum absolute atomic E-state index is 0.387. The van der Waals surface area contributed by atoms with E-state index in [1.165, 1.54) is 0 Å². The molecule has 0 spiro atoms. The SMILES string of the molecule is COc1cccc(CCc2cc(C)ccc2C(=O)O)c1. The molecule has 3 heteroatoms. The summed E-state index contributed by atoms with van der Waals surface area (Å²) in [5, 5.41) is 9.22. The van der Waals surface area contributed by atoms with E-state index in [9.17, 15) is 9.90 Å². The number of aryl methyl sites for hydroxylation is 3. The maximum absolute atomic E-state index is 11.2. The number of hydrogen-bond donors (Lipinski definition) is 1. The van der Waals surface area contributed by atoms with E-state index in [1.54, 1.807) is 13.2 Å². The largest absolute Gasteiger partial charge is 0.497 e. The monoisotopic (exact) mass is 270 g/mol.